The van der Waals surface area contributed by atoms with Crippen molar-refractivity contribution in [2.45, 2.75) is 11.4 Å². The van der Waals surface area contributed by atoms with E-state index in [0.717, 1.165) is 11.1 Å². The van der Waals surface area contributed by atoms with E-state index >= 15 is 0 Å². The quantitative estimate of drug-likeness (QED) is 0.368. The lowest BCUT2D eigenvalue weighted by atomic mass is 10.1. The largest absolute Gasteiger partial charge is 0.502 e. The number of pyridine rings is 1. The fraction of sp³-hybridized carbons (Fsp3) is 0.174. The maximum Gasteiger partial charge on any atom is 0.200 e. The van der Waals surface area contributed by atoms with Crippen molar-refractivity contribution < 1.29 is 19.0 Å². The molecule has 4 rings (SSSR count). The molecular weight excluding hydrogens is 405 g/mol. The summed E-state index contributed by atoms with van der Waals surface area (Å²) in [5, 5.41) is 11.0. The molecular formula is C23H20FNO4S. The molecule has 154 valence electrons. The van der Waals surface area contributed by atoms with Crippen molar-refractivity contribution in [2.24, 2.45) is 0 Å². The van der Waals surface area contributed by atoms with Gasteiger partial charge in [0.25, 0.3) is 0 Å². The highest BCUT2D eigenvalue weighted by atomic mass is 32.2. The Hall–Kier alpha value is -3.19. The van der Waals surface area contributed by atoms with Gasteiger partial charge in [-0.2, -0.15) is 0 Å². The molecule has 0 fully saturated rings. The van der Waals surface area contributed by atoms with Gasteiger partial charge >= 0.3 is 0 Å². The van der Waals surface area contributed by atoms with Crippen LogP contribution in [0.3, 0.4) is 0 Å². The van der Waals surface area contributed by atoms with E-state index in [1.54, 1.807) is 36.6 Å². The Morgan fingerprint density at radius 1 is 1.00 bits per heavy atom. The second kappa shape index (κ2) is 7.91. The minimum Gasteiger partial charge on any atom is -0.502 e. The van der Waals surface area contributed by atoms with Crippen LogP contribution in [0.2, 0.25) is 0 Å². The number of hydrogen-bond acceptors (Lipinski definition) is 5. The fourth-order valence-corrected chi connectivity index (χ4v) is 4.16. The Kier molecular flexibility index (Phi) is 5.30. The fourth-order valence-electron chi connectivity index (χ4n) is 3.67. The van der Waals surface area contributed by atoms with Gasteiger partial charge in [-0.15, -0.1) is 11.8 Å². The standard InChI is InChI=1S/C23H20FNO4S/c1-28-19-8-13(9-20(29-2)23(19)27)12-25-17-7-5-4-6-14(17)22(26)15-10-16(24)21(30-3)11-18(15)25/h4-11,27H,12H2,1-3H3. The van der Waals surface area contributed by atoms with Gasteiger partial charge in [-0.25, -0.2) is 4.39 Å². The van der Waals surface area contributed by atoms with Crippen LogP contribution in [-0.4, -0.2) is 30.1 Å². The van der Waals surface area contributed by atoms with E-state index < -0.39 is 5.82 Å². The minimum absolute atomic E-state index is 0.0786. The van der Waals surface area contributed by atoms with Crippen LogP contribution in [0.1, 0.15) is 5.56 Å². The molecule has 7 heteroatoms. The average Bonchev–Trinajstić information content (AvgIpc) is 2.77. The first-order chi connectivity index (χ1) is 14.5. The minimum atomic E-state index is -0.415. The van der Waals surface area contributed by atoms with Crippen LogP contribution >= 0.6 is 11.8 Å². The van der Waals surface area contributed by atoms with Crippen molar-refractivity contribution in [3.63, 3.8) is 0 Å². The molecule has 0 atom stereocenters. The summed E-state index contributed by atoms with van der Waals surface area (Å²) < 4.78 is 27.0. The molecule has 4 aromatic rings. The first-order valence-corrected chi connectivity index (χ1v) is 10.4. The number of para-hydroxylation sites is 1. The predicted octanol–water partition coefficient (Wildman–Crippen LogP) is 4.79. The highest BCUT2D eigenvalue weighted by Gasteiger charge is 2.16. The summed E-state index contributed by atoms with van der Waals surface area (Å²) in [5.41, 5.74) is 1.96. The lowest BCUT2D eigenvalue weighted by Gasteiger charge is -2.18. The number of benzene rings is 3. The van der Waals surface area contributed by atoms with Gasteiger partial charge in [-0.1, -0.05) is 12.1 Å². The van der Waals surface area contributed by atoms with E-state index in [2.05, 4.69) is 0 Å². The summed E-state index contributed by atoms with van der Waals surface area (Å²) >= 11 is 1.29. The number of nitrogens with zero attached hydrogens (tertiary/aromatic N) is 1. The Morgan fingerprint density at radius 3 is 2.30 bits per heavy atom. The molecule has 3 aromatic carbocycles. The van der Waals surface area contributed by atoms with Crippen molar-refractivity contribution in [1.29, 1.82) is 0 Å². The zero-order valence-electron chi connectivity index (χ0n) is 16.7. The van der Waals surface area contributed by atoms with Gasteiger partial charge in [-0.05, 0) is 48.2 Å². The smallest absolute Gasteiger partial charge is 0.200 e. The molecule has 5 nitrogen and oxygen atoms in total. The molecule has 0 unspecified atom stereocenters. The van der Waals surface area contributed by atoms with E-state index in [4.69, 9.17) is 9.47 Å². The molecule has 0 saturated heterocycles. The van der Waals surface area contributed by atoms with Gasteiger partial charge < -0.3 is 19.1 Å². The van der Waals surface area contributed by atoms with E-state index in [-0.39, 0.29) is 22.7 Å². The van der Waals surface area contributed by atoms with Gasteiger partial charge in [0, 0.05) is 22.2 Å². The van der Waals surface area contributed by atoms with Crippen LogP contribution in [0.5, 0.6) is 17.2 Å². The first-order valence-electron chi connectivity index (χ1n) is 9.21. The van der Waals surface area contributed by atoms with Crippen molar-refractivity contribution in [2.75, 3.05) is 20.5 Å². The maximum atomic E-state index is 14.5. The molecule has 0 aliphatic heterocycles. The predicted molar refractivity (Wildman–Crippen MR) is 118 cm³/mol. The average molecular weight is 425 g/mol. The van der Waals surface area contributed by atoms with Gasteiger partial charge in [0.1, 0.15) is 5.82 Å². The SMILES string of the molecule is COc1cc(Cn2c3ccccc3c(=O)c3cc(F)c(SC)cc32)cc(OC)c1O. The lowest BCUT2D eigenvalue weighted by Crippen LogP contribution is -2.13. The molecule has 0 spiro atoms. The highest BCUT2D eigenvalue weighted by Crippen LogP contribution is 2.38. The third-order valence-electron chi connectivity index (χ3n) is 5.13. The summed E-state index contributed by atoms with van der Waals surface area (Å²) in [7, 11) is 2.94. The van der Waals surface area contributed by atoms with Crippen molar-refractivity contribution in [3.8, 4) is 17.2 Å². The van der Waals surface area contributed by atoms with Gasteiger partial charge in [0.05, 0.1) is 25.3 Å². The second-order valence-electron chi connectivity index (χ2n) is 6.79. The zero-order valence-corrected chi connectivity index (χ0v) is 17.5. The maximum absolute atomic E-state index is 14.5. The molecule has 1 aromatic heterocycles. The molecule has 0 aliphatic carbocycles. The molecule has 0 bridgehead atoms. The summed E-state index contributed by atoms with van der Waals surface area (Å²) in [6.45, 7) is 0.365. The van der Waals surface area contributed by atoms with E-state index in [9.17, 15) is 14.3 Å². The van der Waals surface area contributed by atoms with Crippen molar-refractivity contribution >= 4 is 33.6 Å². The third-order valence-corrected chi connectivity index (χ3v) is 5.88. The number of fused-ring (bicyclic) bond motifs is 2. The Labute approximate surface area is 176 Å². The number of hydrogen-bond donors (Lipinski definition) is 1. The van der Waals surface area contributed by atoms with E-state index in [1.165, 1.54) is 32.0 Å². The summed E-state index contributed by atoms with van der Waals surface area (Å²) in [6, 6.07) is 13.7. The molecule has 0 aliphatic rings. The van der Waals surface area contributed by atoms with Gasteiger partial charge in [0.15, 0.2) is 16.9 Å². The van der Waals surface area contributed by atoms with E-state index in [0.29, 0.717) is 27.7 Å². The number of methoxy groups -OCH3 is 2. The lowest BCUT2D eigenvalue weighted by molar-refractivity contribution is 0.339. The normalized spacial score (nSPS) is 11.2. The number of phenols is 1. The number of halogens is 1. The number of ether oxygens (including phenoxy) is 2. The number of aromatic hydroxyl groups is 1. The van der Waals surface area contributed by atoms with Gasteiger partial charge in [0.2, 0.25) is 5.75 Å². The van der Waals surface area contributed by atoms with Crippen LogP contribution in [0.15, 0.2) is 58.2 Å². The van der Waals surface area contributed by atoms with Crippen LogP contribution in [0.4, 0.5) is 4.39 Å². The second-order valence-corrected chi connectivity index (χ2v) is 7.63. The molecule has 30 heavy (non-hydrogen) atoms. The molecule has 1 heterocycles. The molecule has 0 saturated carbocycles. The van der Waals surface area contributed by atoms with E-state index in [1.807, 2.05) is 16.7 Å². The number of phenolic OH excluding ortho intramolecular Hbond substituents is 1. The topological polar surface area (TPSA) is 60.7 Å². The van der Waals surface area contributed by atoms with Crippen molar-refractivity contribution in [1.82, 2.24) is 4.57 Å². The van der Waals surface area contributed by atoms with Gasteiger partial charge in [-0.3, -0.25) is 4.79 Å². The van der Waals surface area contributed by atoms with Crippen LogP contribution in [0, 0.1) is 5.82 Å². The first kappa shape index (κ1) is 20.1. The van der Waals surface area contributed by atoms with Crippen LogP contribution in [0.25, 0.3) is 21.8 Å². The summed E-state index contributed by atoms with van der Waals surface area (Å²) in [6.07, 6.45) is 1.80. The molecule has 1 N–H and O–H groups in total. The number of aromatic nitrogens is 1. The monoisotopic (exact) mass is 425 g/mol. The van der Waals surface area contributed by atoms with Crippen molar-refractivity contribution in [3.05, 3.63) is 70.1 Å². The summed E-state index contributed by atoms with van der Waals surface area (Å²) in [5.74, 6) is 0.0803. The van der Waals surface area contributed by atoms with Crippen LogP contribution < -0.4 is 14.9 Å². The Bertz CT molecular complexity index is 1310. The summed E-state index contributed by atoms with van der Waals surface area (Å²) in [4.78, 5) is 13.5. The number of rotatable bonds is 5. The Balaban J connectivity index is 2.04. The van der Waals surface area contributed by atoms with Crippen LogP contribution in [-0.2, 0) is 6.54 Å². The molecule has 0 amide bonds. The Morgan fingerprint density at radius 2 is 1.67 bits per heavy atom. The number of thioether (sulfide) groups is 1. The highest BCUT2D eigenvalue weighted by molar-refractivity contribution is 7.98. The third kappa shape index (κ3) is 3.25. The zero-order chi connectivity index (χ0) is 21.4. The molecule has 0 radical (unpaired) electrons.